The average Bonchev–Trinajstić information content (AvgIpc) is 3.35. The molecule has 7 heteroatoms. The number of ether oxygens (including phenoxy) is 1. The van der Waals surface area contributed by atoms with E-state index in [-0.39, 0.29) is 11.8 Å². The molecule has 3 aromatic carbocycles. The van der Waals surface area contributed by atoms with Crippen molar-refractivity contribution in [2.24, 2.45) is 5.92 Å². The predicted octanol–water partition coefficient (Wildman–Crippen LogP) is 3.81. The zero-order valence-electron chi connectivity index (χ0n) is 18.7. The number of carbonyl (C=O) groups excluding carboxylic acids is 2. The van der Waals surface area contributed by atoms with Crippen LogP contribution in [-0.4, -0.2) is 39.1 Å². The van der Waals surface area contributed by atoms with E-state index in [2.05, 4.69) is 0 Å². The molecule has 7 nitrogen and oxygen atoms in total. The van der Waals surface area contributed by atoms with Gasteiger partial charge in [0, 0.05) is 19.8 Å². The Morgan fingerprint density at radius 1 is 0.848 bits per heavy atom. The number of methoxy groups -OCH3 is 1. The fraction of sp³-hybridized carbons (Fsp3) is 0.231. The molecule has 0 bridgehead atoms. The number of benzene rings is 3. The van der Waals surface area contributed by atoms with Gasteiger partial charge in [0.1, 0.15) is 11.7 Å². The van der Waals surface area contributed by atoms with E-state index in [0.717, 1.165) is 16.9 Å². The lowest BCUT2D eigenvalue weighted by Gasteiger charge is -2.29. The van der Waals surface area contributed by atoms with Gasteiger partial charge in [0.05, 0.1) is 24.5 Å². The standard InChI is InChI=1S/C26H25N3O4/c1-27(2)18-15-13-17(14-16-18)23-22-24(33-29(23)19-9-5-4-6-10-19)26(31)28(25(22)30)20-11-7-8-12-21(20)32-3/h4-16,22-24H,1-3H3/t22-,23-,24-/m1/s1. The third-order valence-corrected chi connectivity index (χ3v) is 6.20. The molecule has 3 atom stereocenters. The van der Waals surface area contributed by atoms with Crippen molar-refractivity contribution in [1.29, 1.82) is 0 Å². The number of para-hydroxylation sites is 3. The van der Waals surface area contributed by atoms with E-state index >= 15 is 0 Å². The topological polar surface area (TPSA) is 62.3 Å². The molecule has 2 saturated heterocycles. The van der Waals surface area contributed by atoms with E-state index in [0.29, 0.717) is 11.4 Å². The van der Waals surface area contributed by atoms with Gasteiger partial charge in [0.15, 0.2) is 6.10 Å². The first-order chi connectivity index (χ1) is 16.0. The fourth-order valence-electron chi connectivity index (χ4n) is 4.57. The summed E-state index contributed by atoms with van der Waals surface area (Å²) in [6.07, 6.45) is -0.916. The van der Waals surface area contributed by atoms with Crippen LogP contribution >= 0.6 is 0 Å². The summed E-state index contributed by atoms with van der Waals surface area (Å²) >= 11 is 0. The second-order valence-electron chi connectivity index (χ2n) is 8.33. The first kappa shape index (κ1) is 21.0. The minimum absolute atomic E-state index is 0.297. The van der Waals surface area contributed by atoms with Crippen LogP contribution in [0.15, 0.2) is 78.9 Å². The van der Waals surface area contributed by atoms with Crippen molar-refractivity contribution in [3.63, 3.8) is 0 Å². The van der Waals surface area contributed by atoms with E-state index in [4.69, 9.17) is 9.57 Å². The second-order valence-corrected chi connectivity index (χ2v) is 8.33. The normalized spacial score (nSPS) is 22.0. The lowest BCUT2D eigenvalue weighted by molar-refractivity contribution is -0.126. The quantitative estimate of drug-likeness (QED) is 0.559. The van der Waals surface area contributed by atoms with Crippen molar-refractivity contribution in [2.75, 3.05) is 36.1 Å². The summed E-state index contributed by atoms with van der Waals surface area (Å²) in [6.45, 7) is 0. The Hall–Kier alpha value is -3.84. The summed E-state index contributed by atoms with van der Waals surface area (Å²) < 4.78 is 5.41. The van der Waals surface area contributed by atoms with Gasteiger partial charge < -0.3 is 9.64 Å². The molecule has 2 heterocycles. The van der Waals surface area contributed by atoms with Crippen LogP contribution in [0, 0.1) is 5.92 Å². The molecule has 2 aliphatic heterocycles. The van der Waals surface area contributed by atoms with Crippen molar-refractivity contribution < 1.29 is 19.2 Å². The average molecular weight is 444 g/mol. The number of amides is 2. The molecule has 33 heavy (non-hydrogen) atoms. The maximum atomic E-state index is 13.7. The van der Waals surface area contributed by atoms with Crippen LogP contribution in [0.5, 0.6) is 5.75 Å². The number of carbonyl (C=O) groups is 2. The van der Waals surface area contributed by atoms with E-state index in [1.165, 1.54) is 12.0 Å². The molecular weight excluding hydrogens is 418 g/mol. The third kappa shape index (κ3) is 3.41. The summed E-state index contributed by atoms with van der Waals surface area (Å²) in [5.41, 5.74) is 3.17. The van der Waals surface area contributed by atoms with Crippen LogP contribution in [0.1, 0.15) is 11.6 Å². The maximum absolute atomic E-state index is 13.7. The molecule has 168 valence electrons. The molecule has 0 spiro atoms. The Bertz CT molecular complexity index is 1180. The Morgan fingerprint density at radius 3 is 2.18 bits per heavy atom. The molecule has 2 amide bonds. The van der Waals surface area contributed by atoms with Gasteiger partial charge in [0.25, 0.3) is 5.91 Å². The van der Waals surface area contributed by atoms with Gasteiger partial charge in [-0.25, -0.2) is 9.96 Å². The molecule has 0 aromatic heterocycles. The second kappa shape index (κ2) is 8.26. The Labute approximate surface area is 192 Å². The van der Waals surface area contributed by atoms with Crippen LogP contribution < -0.4 is 19.6 Å². The molecule has 0 unspecified atom stereocenters. The minimum atomic E-state index is -0.916. The van der Waals surface area contributed by atoms with Crippen LogP contribution in [0.3, 0.4) is 0 Å². The van der Waals surface area contributed by atoms with Gasteiger partial charge in [0.2, 0.25) is 5.91 Å². The zero-order valence-corrected chi connectivity index (χ0v) is 18.7. The third-order valence-electron chi connectivity index (χ3n) is 6.20. The van der Waals surface area contributed by atoms with Crippen molar-refractivity contribution in [2.45, 2.75) is 12.1 Å². The van der Waals surface area contributed by atoms with Crippen LogP contribution in [0.4, 0.5) is 17.1 Å². The zero-order chi connectivity index (χ0) is 23.1. The highest BCUT2D eigenvalue weighted by Crippen LogP contribution is 2.48. The summed E-state index contributed by atoms with van der Waals surface area (Å²) in [4.78, 5) is 36.6. The van der Waals surface area contributed by atoms with Gasteiger partial charge in [-0.05, 0) is 42.0 Å². The molecule has 2 fully saturated rings. The number of nitrogens with zero attached hydrogens (tertiary/aromatic N) is 3. The van der Waals surface area contributed by atoms with E-state index < -0.39 is 18.1 Å². The molecule has 5 rings (SSSR count). The molecular formula is C26H25N3O4. The van der Waals surface area contributed by atoms with Gasteiger partial charge >= 0.3 is 0 Å². The molecule has 0 radical (unpaired) electrons. The lowest BCUT2D eigenvalue weighted by Crippen LogP contribution is -2.37. The van der Waals surface area contributed by atoms with E-state index in [9.17, 15) is 9.59 Å². The number of fused-ring (bicyclic) bond motifs is 1. The molecule has 2 aliphatic rings. The first-order valence-corrected chi connectivity index (χ1v) is 10.8. The first-order valence-electron chi connectivity index (χ1n) is 10.8. The number of hydrogen-bond acceptors (Lipinski definition) is 6. The Morgan fingerprint density at radius 2 is 1.52 bits per heavy atom. The summed E-state index contributed by atoms with van der Waals surface area (Å²) in [6, 6.07) is 24.1. The largest absolute Gasteiger partial charge is 0.495 e. The summed E-state index contributed by atoms with van der Waals surface area (Å²) in [5, 5.41) is 1.70. The summed E-state index contributed by atoms with van der Waals surface area (Å²) in [5.74, 6) is -0.906. The molecule has 0 aliphatic carbocycles. The SMILES string of the molecule is COc1ccccc1N1C(=O)[C@@H]2[C@@H](c3ccc(N(C)C)cc3)N(c3ccccc3)O[C@H]2C1=O. The predicted molar refractivity (Wildman–Crippen MR) is 126 cm³/mol. The van der Waals surface area contributed by atoms with E-state index in [1.54, 1.807) is 29.3 Å². The number of rotatable bonds is 5. The summed E-state index contributed by atoms with van der Waals surface area (Å²) in [7, 11) is 5.47. The van der Waals surface area contributed by atoms with Crippen molar-refractivity contribution in [1.82, 2.24) is 0 Å². The van der Waals surface area contributed by atoms with Crippen LogP contribution in [-0.2, 0) is 14.4 Å². The van der Waals surface area contributed by atoms with Gasteiger partial charge in [-0.3, -0.25) is 14.4 Å². The Kier molecular flexibility index (Phi) is 5.26. The molecule has 3 aromatic rings. The van der Waals surface area contributed by atoms with Gasteiger partial charge in [-0.2, -0.15) is 0 Å². The molecule has 0 N–H and O–H groups in total. The van der Waals surface area contributed by atoms with Crippen molar-refractivity contribution in [3.05, 3.63) is 84.4 Å². The number of hydrogen-bond donors (Lipinski definition) is 0. The van der Waals surface area contributed by atoms with Gasteiger partial charge in [-0.1, -0.05) is 42.5 Å². The van der Waals surface area contributed by atoms with Crippen molar-refractivity contribution >= 4 is 28.9 Å². The van der Waals surface area contributed by atoms with Crippen LogP contribution in [0.25, 0.3) is 0 Å². The maximum Gasteiger partial charge on any atom is 0.266 e. The smallest absolute Gasteiger partial charge is 0.266 e. The Balaban J connectivity index is 1.58. The number of hydroxylamine groups is 1. The van der Waals surface area contributed by atoms with Crippen molar-refractivity contribution in [3.8, 4) is 5.75 Å². The number of imide groups is 1. The molecule has 0 saturated carbocycles. The lowest BCUT2D eigenvalue weighted by atomic mass is 9.90. The highest BCUT2D eigenvalue weighted by Gasteiger charge is 2.60. The van der Waals surface area contributed by atoms with Gasteiger partial charge in [-0.15, -0.1) is 0 Å². The minimum Gasteiger partial charge on any atom is -0.495 e. The number of anilines is 3. The van der Waals surface area contributed by atoms with Crippen LogP contribution in [0.2, 0.25) is 0 Å². The monoisotopic (exact) mass is 443 g/mol. The van der Waals surface area contributed by atoms with E-state index in [1.807, 2.05) is 73.6 Å². The highest BCUT2D eigenvalue weighted by molar-refractivity contribution is 6.24. The highest BCUT2D eigenvalue weighted by atomic mass is 16.7. The fourth-order valence-corrected chi connectivity index (χ4v) is 4.57.